The predicted molar refractivity (Wildman–Crippen MR) is 97.1 cm³/mol. The molecule has 0 aromatic heterocycles. The highest BCUT2D eigenvalue weighted by Gasteiger charge is 2.36. The molecule has 1 aliphatic carbocycles. The molecule has 0 aliphatic heterocycles. The number of nitrogens with zero attached hydrogens (tertiary/aromatic N) is 1. The van der Waals surface area contributed by atoms with E-state index in [-0.39, 0.29) is 61.8 Å². The first-order valence-electron chi connectivity index (χ1n) is 7.73. The van der Waals surface area contributed by atoms with Gasteiger partial charge in [-0.25, -0.2) is 13.8 Å². The van der Waals surface area contributed by atoms with Crippen molar-refractivity contribution in [2.45, 2.75) is 44.3 Å². The number of halogens is 6. The number of rotatable bonds is 4. The van der Waals surface area contributed by atoms with Crippen LogP contribution in [-0.4, -0.2) is 18.4 Å². The third kappa shape index (κ3) is 7.33. The summed E-state index contributed by atoms with van der Waals surface area (Å²) in [4.78, 5) is 3.97. The standard InChI is InChI=1S/C16H20F5N3.HI/c17-15(18)6-2-4-12(8-15)10-24-14(22)23-9-11-3-1-5-13(7-11)16(19,20)21;/h1,3,5,7,12H,2,4,6,8-10H2,(H3,22,23,24);1H. The predicted octanol–water partition coefficient (Wildman–Crippen LogP) is 4.55. The number of aliphatic imine (C=N–C) groups is 1. The zero-order valence-electron chi connectivity index (χ0n) is 13.5. The van der Waals surface area contributed by atoms with E-state index in [9.17, 15) is 22.0 Å². The zero-order chi connectivity index (χ0) is 17.8. The highest BCUT2D eigenvalue weighted by molar-refractivity contribution is 14.0. The molecule has 1 aliphatic rings. The maximum atomic E-state index is 13.3. The summed E-state index contributed by atoms with van der Waals surface area (Å²) in [6.45, 7) is 0.275. The highest BCUT2D eigenvalue weighted by Crippen LogP contribution is 2.36. The third-order valence-electron chi connectivity index (χ3n) is 4.00. The Morgan fingerprint density at radius 1 is 1.32 bits per heavy atom. The largest absolute Gasteiger partial charge is 0.416 e. The molecule has 142 valence electrons. The molecule has 0 amide bonds. The Morgan fingerprint density at radius 3 is 2.68 bits per heavy atom. The molecule has 3 N–H and O–H groups in total. The van der Waals surface area contributed by atoms with Gasteiger partial charge in [0.25, 0.3) is 0 Å². The monoisotopic (exact) mass is 477 g/mol. The minimum absolute atomic E-state index is 0. The van der Waals surface area contributed by atoms with E-state index in [2.05, 4.69) is 10.3 Å². The van der Waals surface area contributed by atoms with E-state index in [0.717, 1.165) is 12.1 Å². The van der Waals surface area contributed by atoms with Gasteiger partial charge in [-0.05, 0) is 36.5 Å². The van der Waals surface area contributed by atoms with Gasteiger partial charge in [-0.1, -0.05) is 12.1 Å². The second-order valence-corrected chi connectivity index (χ2v) is 6.10. The summed E-state index contributed by atoms with van der Waals surface area (Å²) in [5.41, 5.74) is 5.29. The van der Waals surface area contributed by atoms with Crippen molar-refractivity contribution in [3.05, 3.63) is 35.4 Å². The van der Waals surface area contributed by atoms with Gasteiger partial charge in [0, 0.05) is 19.4 Å². The van der Waals surface area contributed by atoms with Crippen LogP contribution >= 0.6 is 24.0 Å². The average Bonchev–Trinajstić information content (AvgIpc) is 2.49. The molecule has 0 bridgehead atoms. The molecule has 0 radical (unpaired) electrons. The van der Waals surface area contributed by atoms with Crippen LogP contribution in [0.5, 0.6) is 0 Å². The van der Waals surface area contributed by atoms with E-state index in [1.807, 2.05) is 0 Å². The second kappa shape index (κ2) is 9.00. The van der Waals surface area contributed by atoms with E-state index in [1.54, 1.807) is 0 Å². The summed E-state index contributed by atoms with van der Waals surface area (Å²) < 4.78 is 64.5. The zero-order valence-corrected chi connectivity index (χ0v) is 15.8. The Balaban J connectivity index is 0.00000312. The summed E-state index contributed by atoms with van der Waals surface area (Å²) in [6.07, 6.45) is -3.50. The number of benzene rings is 1. The molecule has 3 nitrogen and oxygen atoms in total. The Hall–Kier alpha value is -1.13. The summed E-state index contributed by atoms with van der Waals surface area (Å²) in [7, 11) is 0. The molecule has 1 aromatic carbocycles. The first-order valence-corrected chi connectivity index (χ1v) is 7.73. The maximum absolute atomic E-state index is 13.3. The summed E-state index contributed by atoms with van der Waals surface area (Å²) in [6, 6.07) is 4.83. The highest BCUT2D eigenvalue weighted by atomic mass is 127. The van der Waals surface area contributed by atoms with Crippen molar-refractivity contribution >= 4 is 29.9 Å². The topological polar surface area (TPSA) is 50.4 Å². The maximum Gasteiger partial charge on any atom is 0.416 e. The fraction of sp³-hybridized carbons (Fsp3) is 0.562. The third-order valence-corrected chi connectivity index (χ3v) is 4.00. The van der Waals surface area contributed by atoms with E-state index in [1.165, 1.54) is 12.1 Å². The number of alkyl halides is 5. The first kappa shape index (κ1) is 21.9. The second-order valence-electron chi connectivity index (χ2n) is 6.10. The molecular weight excluding hydrogens is 456 g/mol. The SMILES string of the molecule is I.NC(=NCc1cccc(C(F)(F)F)c1)NCC1CCCC(F)(F)C1. The van der Waals surface area contributed by atoms with Crippen molar-refractivity contribution in [2.24, 2.45) is 16.6 Å². The number of nitrogens with two attached hydrogens (primary N) is 1. The van der Waals surface area contributed by atoms with Crippen LogP contribution in [0.3, 0.4) is 0 Å². The molecular formula is C16H21F5IN3. The summed E-state index contributed by atoms with van der Waals surface area (Å²) in [5.74, 6) is -2.77. The van der Waals surface area contributed by atoms with E-state index in [4.69, 9.17) is 5.73 Å². The average molecular weight is 477 g/mol. The Labute approximate surface area is 160 Å². The normalized spacial score (nSPS) is 20.7. The lowest BCUT2D eigenvalue weighted by Crippen LogP contribution is -2.38. The van der Waals surface area contributed by atoms with E-state index >= 15 is 0 Å². The van der Waals surface area contributed by atoms with Gasteiger partial charge in [0.05, 0.1) is 12.1 Å². The smallest absolute Gasteiger partial charge is 0.370 e. The van der Waals surface area contributed by atoms with Crippen molar-refractivity contribution in [1.82, 2.24) is 5.32 Å². The molecule has 1 fully saturated rings. The van der Waals surface area contributed by atoms with Crippen molar-refractivity contribution in [3.8, 4) is 0 Å². The van der Waals surface area contributed by atoms with Gasteiger partial charge in [0.2, 0.25) is 5.92 Å². The Morgan fingerprint density at radius 2 is 2.04 bits per heavy atom. The number of guanidine groups is 1. The van der Waals surface area contributed by atoms with Crippen LogP contribution < -0.4 is 11.1 Å². The molecule has 1 aromatic rings. The fourth-order valence-electron chi connectivity index (χ4n) is 2.78. The van der Waals surface area contributed by atoms with Crippen molar-refractivity contribution in [3.63, 3.8) is 0 Å². The van der Waals surface area contributed by atoms with Crippen LogP contribution in [0.2, 0.25) is 0 Å². The quantitative estimate of drug-likeness (QED) is 0.290. The lowest BCUT2D eigenvalue weighted by molar-refractivity contribution is -0.137. The van der Waals surface area contributed by atoms with Crippen LogP contribution in [0.15, 0.2) is 29.3 Å². The van der Waals surface area contributed by atoms with Crippen LogP contribution in [0.1, 0.15) is 36.8 Å². The van der Waals surface area contributed by atoms with Crippen molar-refractivity contribution < 1.29 is 22.0 Å². The minimum atomic E-state index is -4.41. The number of hydrogen-bond donors (Lipinski definition) is 2. The molecule has 0 heterocycles. The number of nitrogens with one attached hydrogen (secondary N) is 1. The summed E-state index contributed by atoms with van der Waals surface area (Å²) in [5, 5.41) is 2.78. The summed E-state index contributed by atoms with van der Waals surface area (Å²) >= 11 is 0. The van der Waals surface area contributed by atoms with Crippen LogP contribution in [0.4, 0.5) is 22.0 Å². The van der Waals surface area contributed by atoms with Crippen molar-refractivity contribution in [2.75, 3.05) is 6.54 Å². The van der Waals surface area contributed by atoms with E-state index in [0.29, 0.717) is 18.4 Å². The van der Waals surface area contributed by atoms with Gasteiger partial charge in [0.15, 0.2) is 5.96 Å². The fourth-order valence-corrected chi connectivity index (χ4v) is 2.78. The number of hydrogen-bond acceptors (Lipinski definition) is 1. The van der Waals surface area contributed by atoms with Gasteiger partial charge in [-0.15, -0.1) is 24.0 Å². The van der Waals surface area contributed by atoms with Crippen LogP contribution in [0.25, 0.3) is 0 Å². The van der Waals surface area contributed by atoms with Gasteiger partial charge >= 0.3 is 6.18 Å². The minimum Gasteiger partial charge on any atom is -0.370 e. The molecule has 1 unspecified atom stereocenters. The van der Waals surface area contributed by atoms with E-state index < -0.39 is 17.7 Å². The Bertz CT molecular complexity index is 589. The molecule has 25 heavy (non-hydrogen) atoms. The lowest BCUT2D eigenvalue weighted by Gasteiger charge is -2.29. The molecule has 9 heteroatoms. The van der Waals surface area contributed by atoms with Gasteiger partial charge in [-0.3, -0.25) is 0 Å². The molecule has 1 saturated carbocycles. The van der Waals surface area contributed by atoms with Crippen LogP contribution in [0, 0.1) is 5.92 Å². The lowest BCUT2D eigenvalue weighted by atomic mass is 9.86. The van der Waals surface area contributed by atoms with Gasteiger partial charge in [0.1, 0.15) is 0 Å². The molecule has 2 rings (SSSR count). The van der Waals surface area contributed by atoms with Gasteiger partial charge in [-0.2, -0.15) is 13.2 Å². The molecule has 0 spiro atoms. The Kier molecular flexibility index (Phi) is 7.88. The first-order chi connectivity index (χ1) is 11.2. The van der Waals surface area contributed by atoms with Crippen molar-refractivity contribution in [1.29, 1.82) is 0 Å². The molecule has 1 atom stereocenters. The molecule has 0 saturated heterocycles. The van der Waals surface area contributed by atoms with Gasteiger partial charge < -0.3 is 11.1 Å². The van der Waals surface area contributed by atoms with Crippen LogP contribution in [-0.2, 0) is 12.7 Å².